The van der Waals surface area contributed by atoms with E-state index in [2.05, 4.69) is 10.2 Å². The average molecular weight is 644 g/mol. The van der Waals surface area contributed by atoms with Gasteiger partial charge in [-0.05, 0) is 65.2 Å². The summed E-state index contributed by atoms with van der Waals surface area (Å²) in [5.41, 5.74) is 4.13. The molecule has 1 saturated heterocycles. The maximum Gasteiger partial charge on any atom is 0.258 e. The Morgan fingerprint density at radius 3 is 2.12 bits per heavy atom. The van der Waals surface area contributed by atoms with Crippen molar-refractivity contribution in [3.8, 4) is 5.75 Å². The maximum atomic E-state index is 13.9. The molecule has 244 valence electrons. The van der Waals surface area contributed by atoms with Crippen LogP contribution in [0.25, 0.3) is 0 Å². The Morgan fingerprint density at radius 1 is 0.771 bits per heavy atom. The predicted octanol–water partition coefficient (Wildman–Crippen LogP) is 6.90. The molecule has 6 rings (SSSR count). The molecule has 1 heterocycles. The molecule has 48 heavy (non-hydrogen) atoms. The largest absolute Gasteiger partial charge is 0.492 e. The van der Waals surface area contributed by atoms with Crippen molar-refractivity contribution in [2.75, 3.05) is 44.4 Å². The molecule has 0 saturated carbocycles. The van der Waals surface area contributed by atoms with E-state index in [1.165, 1.54) is 24.3 Å². The minimum atomic E-state index is -0.420. The predicted molar refractivity (Wildman–Crippen MR) is 185 cm³/mol. The fourth-order valence-corrected chi connectivity index (χ4v) is 5.75. The molecule has 1 fully saturated rings. The summed E-state index contributed by atoms with van der Waals surface area (Å²) in [6, 6.07) is 39.5. The second-order valence-corrected chi connectivity index (χ2v) is 11.6. The van der Waals surface area contributed by atoms with Gasteiger partial charge in [-0.15, -0.1) is 0 Å². The first-order chi connectivity index (χ1) is 23.5. The number of ether oxygens (including phenoxy) is 2. The Morgan fingerprint density at radius 2 is 1.44 bits per heavy atom. The van der Waals surface area contributed by atoms with Crippen LogP contribution in [0.4, 0.5) is 10.1 Å². The van der Waals surface area contributed by atoms with E-state index < -0.39 is 5.82 Å². The lowest BCUT2D eigenvalue weighted by molar-refractivity contribution is 0.0322. The van der Waals surface area contributed by atoms with Gasteiger partial charge in [-0.25, -0.2) is 4.39 Å². The third-order valence-corrected chi connectivity index (χ3v) is 8.32. The van der Waals surface area contributed by atoms with Crippen molar-refractivity contribution in [1.82, 2.24) is 10.2 Å². The Hall–Kier alpha value is -5.31. The van der Waals surface area contributed by atoms with Crippen molar-refractivity contribution in [2.45, 2.75) is 12.6 Å². The number of amides is 2. The van der Waals surface area contributed by atoms with Crippen molar-refractivity contribution < 1.29 is 23.5 Å². The average Bonchev–Trinajstić information content (AvgIpc) is 3.14. The number of nitrogens with zero attached hydrogens (tertiary/aromatic N) is 2. The molecule has 2 amide bonds. The summed E-state index contributed by atoms with van der Waals surface area (Å²) in [6.45, 7) is 4.64. The van der Waals surface area contributed by atoms with Gasteiger partial charge in [0.1, 0.15) is 18.2 Å². The summed E-state index contributed by atoms with van der Waals surface area (Å²) in [5.74, 6) is -0.319. The summed E-state index contributed by atoms with van der Waals surface area (Å²) >= 11 is 0. The van der Waals surface area contributed by atoms with E-state index in [4.69, 9.17) is 9.47 Å². The highest BCUT2D eigenvalue weighted by molar-refractivity contribution is 6.06. The van der Waals surface area contributed by atoms with Gasteiger partial charge in [0, 0.05) is 42.5 Å². The van der Waals surface area contributed by atoms with Gasteiger partial charge in [0.2, 0.25) is 0 Å². The fraction of sp³-hybridized carbons (Fsp3) is 0.200. The third kappa shape index (κ3) is 8.53. The van der Waals surface area contributed by atoms with Crippen LogP contribution in [0.5, 0.6) is 5.75 Å². The highest BCUT2D eigenvalue weighted by Gasteiger charge is 2.22. The van der Waals surface area contributed by atoms with E-state index in [9.17, 15) is 14.0 Å². The molecule has 5 aromatic rings. The first-order valence-corrected chi connectivity index (χ1v) is 16.1. The van der Waals surface area contributed by atoms with Crippen molar-refractivity contribution in [3.63, 3.8) is 0 Å². The molecule has 8 heteroatoms. The van der Waals surface area contributed by atoms with Gasteiger partial charge >= 0.3 is 0 Å². The Labute approximate surface area is 280 Å². The zero-order valence-electron chi connectivity index (χ0n) is 26.6. The minimum absolute atomic E-state index is 0.176. The van der Waals surface area contributed by atoms with Gasteiger partial charge in [-0.1, -0.05) is 78.9 Å². The van der Waals surface area contributed by atoms with Gasteiger partial charge in [-0.2, -0.15) is 0 Å². The molecular formula is C40H38FN3O4. The lowest BCUT2D eigenvalue weighted by atomic mass is 9.98. The molecule has 0 spiro atoms. The summed E-state index contributed by atoms with van der Waals surface area (Å²) in [5, 5.41) is 3.20. The number of hydrogen-bond donors (Lipinski definition) is 1. The van der Waals surface area contributed by atoms with Crippen LogP contribution in [0.3, 0.4) is 0 Å². The Balaban J connectivity index is 1.23. The number of halogens is 1. The summed E-state index contributed by atoms with van der Waals surface area (Å²) in [6.07, 6.45) is 0. The molecule has 1 N–H and O–H groups in total. The fourth-order valence-electron chi connectivity index (χ4n) is 5.75. The highest BCUT2D eigenvalue weighted by atomic mass is 19.1. The van der Waals surface area contributed by atoms with E-state index in [-0.39, 0.29) is 24.4 Å². The number of hydrogen-bond acceptors (Lipinski definition) is 5. The topological polar surface area (TPSA) is 71.1 Å². The second kappa shape index (κ2) is 16.0. The SMILES string of the molecule is O=C(NC(c1ccccc1)c1ccccc1)c1cccc(CN(C(=O)c2ccc(F)cc2)c2cccc(OCCN3CCOCC3)c2)c1. The minimum Gasteiger partial charge on any atom is -0.492 e. The first-order valence-electron chi connectivity index (χ1n) is 16.1. The molecule has 0 aromatic heterocycles. The van der Waals surface area contributed by atoms with Gasteiger partial charge in [-0.3, -0.25) is 14.5 Å². The lowest BCUT2D eigenvalue weighted by Gasteiger charge is -2.26. The van der Waals surface area contributed by atoms with Crippen LogP contribution in [0.1, 0.15) is 43.4 Å². The Bertz CT molecular complexity index is 1760. The molecule has 1 aliphatic heterocycles. The zero-order chi connectivity index (χ0) is 33.1. The second-order valence-electron chi connectivity index (χ2n) is 11.6. The lowest BCUT2D eigenvalue weighted by Crippen LogP contribution is -2.38. The zero-order valence-corrected chi connectivity index (χ0v) is 26.6. The normalized spacial score (nSPS) is 13.2. The molecule has 0 radical (unpaired) electrons. The van der Waals surface area contributed by atoms with Crippen LogP contribution in [0.2, 0.25) is 0 Å². The van der Waals surface area contributed by atoms with Gasteiger partial charge < -0.3 is 19.7 Å². The summed E-state index contributed by atoms with van der Waals surface area (Å²) in [4.78, 5) is 31.6. The maximum absolute atomic E-state index is 13.9. The molecular weight excluding hydrogens is 605 g/mol. The molecule has 0 atom stereocenters. The molecule has 0 bridgehead atoms. The number of carbonyl (C=O) groups excluding carboxylic acids is 2. The molecule has 5 aromatic carbocycles. The standard InChI is InChI=1S/C40H38FN3O4/c41-35-19-17-33(18-20-35)40(46)44(36-15-8-16-37(28-36)48-26-23-43-21-24-47-25-22-43)29-30-9-7-14-34(27-30)39(45)42-38(31-10-3-1-4-11-31)32-12-5-2-6-13-32/h1-20,27-28,38H,21-26,29H2,(H,42,45). The first kappa shape index (κ1) is 32.6. The van der Waals surface area contributed by atoms with Crippen LogP contribution < -0.4 is 15.0 Å². The van der Waals surface area contributed by atoms with Crippen molar-refractivity contribution >= 4 is 17.5 Å². The van der Waals surface area contributed by atoms with Crippen LogP contribution >= 0.6 is 0 Å². The van der Waals surface area contributed by atoms with Crippen LogP contribution in [-0.4, -0.2) is 56.2 Å². The van der Waals surface area contributed by atoms with Crippen LogP contribution in [0, 0.1) is 5.82 Å². The van der Waals surface area contributed by atoms with E-state index in [0.717, 1.165) is 49.5 Å². The van der Waals surface area contributed by atoms with E-state index >= 15 is 0 Å². The van der Waals surface area contributed by atoms with Gasteiger partial charge in [0.05, 0.1) is 25.8 Å². The van der Waals surface area contributed by atoms with Crippen molar-refractivity contribution in [3.05, 3.63) is 167 Å². The number of morpholine rings is 1. The molecule has 0 unspecified atom stereocenters. The summed E-state index contributed by atoms with van der Waals surface area (Å²) < 4.78 is 25.3. The van der Waals surface area contributed by atoms with Crippen molar-refractivity contribution in [2.24, 2.45) is 0 Å². The number of benzene rings is 5. The van der Waals surface area contributed by atoms with E-state index in [0.29, 0.717) is 29.2 Å². The smallest absolute Gasteiger partial charge is 0.258 e. The van der Waals surface area contributed by atoms with E-state index in [1.54, 1.807) is 17.0 Å². The quantitative estimate of drug-likeness (QED) is 0.160. The van der Waals surface area contributed by atoms with Crippen LogP contribution in [0.15, 0.2) is 133 Å². The summed E-state index contributed by atoms with van der Waals surface area (Å²) in [7, 11) is 0. The third-order valence-electron chi connectivity index (χ3n) is 8.32. The number of rotatable bonds is 12. The number of carbonyl (C=O) groups is 2. The van der Waals surface area contributed by atoms with Crippen molar-refractivity contribution in [1.29, 1.82) is 0 Å². The molecule has 7 nitrogen and oxygen atoms in total. The molecule has 0 aliphatic carbocycles. The Kier molecular flexibility index (Phi) is 10.9. The van der Waals surface area contributed by atoms with Gasteiger partial charge in [0.15, 0.2) is 0 Å². The van der Waals surface area contributed by atoms with E-state index in [1.807, 2.05) is 97.1 Å². The molecule has 1 aliphatic rings. The highest BCUT2D eigenvalue weighted by Crippen LogP contribution is 2.26. The monoisotopic (exact) mass is 643 g/mol. The van der Waals surface area contributed by atoms with Gasteiger partial charge in [0.25, 0.3) is 11.8 Å². The van der Waals surface area contributed by atoms with Crippen LogP contribution in [-0.2, 0) is 11.3 Å². The number of anilines is 1. The number of nitrogens with one attached hydrogen (secondary N) is 1.